The smallest absolute Gasteiger partial charge is 0.260 e. The second-order valence-electron chi connectivity index (χ2n) is 7.91. The number of imidazole rings is 1. The molecule has 1 amide bonds. The fraction of sp³-hybridized carbons (Fsp3) is 0.160. The molecule has 4 aromatic rings. The number of aromatic amines is 1. The topological polar surface area (TPSA) is 76.3 Å². The lowest BCUT2D eigenvalue weighted by Crippen LogP contribution is -2.37. The van der Waals surface area contributed by atoms with E-state index in [2.05, 4.69) is 45.2 Å². The van der Waals surface area contributed by atoms with Crippen molar-refractivity contribution in [1.29, 1.82) is 0 Å². The number of benzene rings is 2. The van der Waals surface area contributed by atoms with Crippen molar-refractivity contribution in [3.8, 4) is 11.1 Å². The van der Waals surface area contributed by atoms with Crippen molar-refractivity contribution in [2.45, 2.75) is 13.1 Å². The molecular formula is C25H24N5O2+. The van der Waals surface area contributed by atoms with E-state index in [1.807, 2.05) is 29.3 Å². The third-order valence-corrected chi connectivity index (χ3v) is 5.76. The summed E-state index contributed by atoms with van der Waals surface area (Å²) in [5.41, 5.74) is 5.93. The van der Waals surface area contributed by atoms with Gasteiger partial charge in [-0.15, -0.1) is 0 Å². The molecule has 0 bridgehead atoms. The van der Waals surface area contributed by atoms with Crippen molar-refractivity contribution >= 4 is 11.6 Å². The van der Waals surface area contributed by atoms with Gasteiger partial charge in [-0.3, -0.25) is 10.0 Å². The molecule has 7 heteroatoms. The molecule has 7 nitrogen and oxygen atoms in total. The maximum absolute atomic E-state index is 13.3. The van der Waals surface area contributed by atoms with Crippen molar-refractivity contribution in [2.75, 3.05) is 18.0 Å². The molecule has 2 aromatic carbocycles. The first-order valence-electron chi connectivity index (χ1n) is 10.6. The second kappa shape index (κ2) is 8.55. The minimum atomic E-state index is -0.104. The molecule has 5 rings (SSSR count). The van der Waals surface area contributed by atoms with Crippen molar-refractivity contribution in [1.82, 2.24) is 14.9 Å². The zero-order chi connectivity index (χ0) is 21.9. The lowest BCUT2D eigenvalue weighted by atomic mass is 10.0. The largest absolute Gasteiger partial charge is 0.364 e. The minimum absolute atomic E-state index is 0.104. The Morgan fingerprint density at radius 3 is 2.72 bits per heavy atom. The Morgan fingerprint density at radius 1 is 1.06 bits per heavy atom. The van der Waals surface area contributed by atoms with Crippen LogP contribution in [0.25, 0.3) is 11.1 Å². The van der Waals surface area contributed by atoms with E-state index in [4.69, 9.17) is 0 Å². The number of carbonyl (C=O) groups is 1. The summed E-state index contributed by atoms with van der Waals surface area (Å²) in [7, 11) is 0. The highest BCUT2D eigenvalue weighted by Gasteiger charge is 2.26. The van der Waals surface area contributed by atoms with Crippen LogP contribution < -0.4 is 9.63 Å². The van der Waals surface area contributed by atoms with Gasteiger partial charge < -0.3 is 14.8 Å². The fourth-order valence-electron chi connectivity index (χ4n) is 4.16. The Balaban J connectivity index is 1.51. The predicted molar refractivity (Wildman–Crippen MR) is 120 cm³/mol. The molecule has 0 radical (unpaired) electrons. The fourth-order valence-corrected chi connectivity index (χ4v) is 4.16. The van der Waals surface area contributed by atoms with Gasteiger partial charge in [-0.2, -0.15) is 0 Å². The number of pyridine rings is 1. The summed E-state index contributed by atoms with van der Waals surface area (Å²) in [5, 5.41) is 9.75. The van der Waals surface area contributed by atoms with Gasteiger partial charge in [0.1, 0.15) is 5.56 Å². The number of aromatic nitrogens is 3. The molecule has 0 unspecified atom stereocenters. The van der Waals surface area contributed by atoms with Crippen LogP contribution in [0.5, 0.6) is 0 Å². The van der Waals surface area contributed by atoms with E-state index in [1.54, 1.807) is 18.5 Å². The average Bonchev–Trinajstić information content (AvgIpc) is 3.27. The predicted octanol–water partition coefficient (Wildman–Crippen LogP) is 3.26. The van der Waals surface area contributed by atoms with Gasteiger partial charge in [-0.1, -0.05) is 36.4 Å². The molecule has 0 aliphatic carbocycles. The molecule has 0 fully saturated rings. The number of carbonyl (C=O) groups excluding carboxylic acids is 1. The van der Waals surface area contributed by atoms with Crippen LogP contribution in [0.15, 0.2) is 85.6 Å². The molecule has 3 heterocycles. The van der Waals surface area contributed by atoms with E-state index < -0.39 is 0 Å². The molecule has 2 aromatic heterocycles. The van der Waals surface area contributed by atoms with Crippen LogP contribution in [0.2, 0.25) is 0 Å². The molecule has 1 aliphatic heterocycles. The van der Waals surface area contributed by atoms with Gasteiger partial charge in [0.05, 0.1) is 18.6 Å². The van der Waals surface area contributed by atoms with Gasteiger partial charge in [0.25, 0.3) is 5.91 Å². The Kier molecular flexibility index (Phi) is 5.29. The van der Waals surface area contributed by atoms with Gasteiger partial charge in [0.15, 0.2) is 0 Å². The minimum Gasteiger partial charge on any atom is -0.364 e. The number of nitrogens with zero attached hydrogens (tertiary/aromatic N) is 4. The van der Waals surface area contributed by atoms with Crippen molar-refractivity contribution < 1.29 is 14.7 Å². The van der Waals surface area contributed by atoms with Crippen LogP contribution >= 0.6 is 0 Å². The van der Waals surface area contributed by atoms with Crippen molar-refractivity contribution in [3.05, 3.63) is 102 Å². The Morgan fingerprint density at radius 2 is 1.94 bits per heavy atom. The number of rotatable bonds is 4. The van der Waals surface area contributed by atoms with E-state index >= 15 is 0 Å². The van der Waals surface area contributed by atoms with Crippen LogP contribution in [-0.4, -0.2) is 39.1 Å². The highest BCUT2D eigenvalue weighted by molar-refractivity contribution is 5.94. The summed E-state index contributed by atoms with van der Waals surface area (Å²) in [6, 6.07) is 20.1. The summed E-state index contributed by atoms with van der Waals surface area (Å²) < 4.78 is 0.914. The average molecular weight is 427 g/mol. The summed E-state index contributed by atoms with van der Waals surface area (Å²) in [4.78, 5) is 24.7. The van der Waals surface area contributed by atoms with E-state index in [0.717, 1.165) is 32.8 Å². The molecule has 0 atom stereocenters. The van der Waals surface area contributed by atoms with Crippen LogP contribution in [-0.2, 0) is 13.1 Å². The first-order valence-corrected chi connectivity index (χ1v) is 10.6. The third-order valence-electron chi connectivity index (χ3n) is 5.76. The molecule has 2 N–H and O–H groups in total. The molecule has 0 spiro atoms. The highest BCUT2D eigenvalue weighted by atomic mass is 16.5. The summed E-state index contributed by atoms with van der Waals surface area (Å²) in [6.45, 7) is 2.44. The zero-order valence-electron chi connectivity index (χ0n) is 17.6. The summed E-state index contributed by atoms with van der Waals surface area (Å²) >= 11 is 0. The van der Waals surface area contributed by atoms with Gasteiger partial charge in [-0.25, -0.2) is 4.98 Å². The third kappa shape index (κ3) is 4.05. The number of anilines is 1. The lowest BCUT2D eigenvalue weighted by molar-refractivity contribution is -0.904. The van der Waals surface area contributed by atoms with E-state index in [-0.39, 0.29) is 5.91 Å². The molecule has 1 aliphatic rings. The molecule has 0 saturated carbocycles. The van der Waals surface area contributed by atoms with E-state index in [0.29, 0.717) is 31.7 Å². The van der Waals surface area contributed by atoms with Crippen molar-refractivity contribution in [2.24, 2.45) is 0 Å². The molecular weight excluding hydrogens is 402 g/mol. The maximum Gasteiger partial charge on any atom is 0.260 e. The zero-order valence-corrected chi connectivity index (χ0v) is 17.6. The second-order valence-corrected chi connectivity index (χ2v) is 7.91. The van der Waals surface area contributed by atoms with Gasteiger partial charge in [0.2, 0.25) is 12.4 Å². The van der Waals surface area contributed by atoms with E-state index in [1.165, 1.54) is 12.4 Å². The normalized spacial score (nSPS) is 13.5. The molecule has 160 valence electrons. The summed E-state index contributed by atoms with van der Waals surface area (Å²) in [6.07, 6.45) is 6.45. The number of hydrogen-bond donors (Lipinski definition) is 2. The number of fused-ring (bicyclic) bond motifs is 1. The van der Waals surface area contributed by atoms with Crippen LogP contribution in [0, 0.1) is 0 Å². The van der Waals surface area contributed by atoms with Gasteiger partial charge >= 0.3 is 0 Å². The number of nitrogens with one attached hydrogen (secondary N) is 1. The Hall–Kier alpha value is -4.13. The quantitative estimate of drug-likeness (QED) is 0.388. The standard InChI is InChI=1S/C25H24N5O2/c31-25(21-7-4-10-30(32)16-21)29-12-11-28(17-23-14-26-18-27-23)24-9-8-20(13-22(24)15-29)19-5-2-1-3-6-19/h1-10,13-14,16,18,32H,11-12,15,17H2,(H,26,27)/q+1. The van der Waals surface area contributed by atoms with Crippen LogP contribution in [0.3, 0.4) is 0 Å². The first kappa shape index (κ1) is 19.8. The summed E-state index contributed by atoms with van der Waals surface area (Å²) in [5.74, 6) is -0.104. The van der Waals surface area contributed by atoms with Crippen LogP contribution in [0.4, 0.5) is 5.69 Å². The Bertz CT molecular complexity index is 1220. The Labute approximate surface area is 186 Å². The SMILES string of the molecule is O=C(c1ccc[n+](O)c1)N1CCN(Cc2cnc[nH]2)c2ccc(-c3ccccc3)cc2C1. The first-order chi connectivity index (χ1) is 15.7. The highest BCUT2D eigenvalue weighted by Crippen LogP contribution is 2.31. The van der Waals surface area contributed by atoms with E-state index in [9.17, 15) is 10.0 Å². The number of hydrogen-bond acceptors (Lipinski definition) is 4. The number of H-pyrrole nitrogens is 1. The van der Waals surface area contributed by atoms with Gasteiger partial charge in [-0.05, 0) is 34.9 Å². The lowest BCUT2D eigenvalue weighted by Gasteiger charge is -2.24. The van der Waals surface area contributed by atoms with Crippen LogP contribution in [0.1, 0.15) is 21.6 Å². The molecule has 0 saturated heterocycles. The molecule has 32 heavy (non-hydrogen) atoms. The number of amides is 1. The van der Waals surface area contributed by atoms with Gasteiger partial charge in [0, 0.05) is 42.3 Å². The van der Waals surface area contributed by atoms with Crippen molar-refractivity contribution in [3.63, 3.8) is 0 Å². The monoisotopic (exact) mass is 426 g/mol. The maximum atomic E-state index is 13.3.